The van der Waals surface area contributed by atoms with Crippen molar-refractivity contribution in [2.45, 2.75) is 25.4 Å². The molecule has 0 radical (unpaired) electrons. The molecule has 1 aliphatic heterocycles. The number of benzene rings is 1. The van der Waals surface area contributed by atoms with Gasteiger partial charge in [-0.1, -0.05) is 0 Å². The van der Waals surface area contributed by atoms with Crippen molar-refractivity contribution < 1.29 is 4.42 Å². The molecule has 1 aromatic heterocycles. The maximum Gasteiger partial charge on any atom is 0.419 e. The van der Waals surface area contributed by atoms with Gasteiger partial charge in [-0.3, -0.25) is 4.57 Å². The predicted octanol–water partition coefficient (Wildman–Crippen LogP) is 2.46. The third-order valence-corrected chi connectivity index (χ3v) is 5.18. The van der Waals surface area contributed by atoms with Crippen LogP contribution in [0.3, 0.4) is 0 Å². The second-order valence-corrected chi connectivity index (χ2v) is 7.21. The summed E-state index contributed by atoms with van der Waals surface area (Å²) in [6.45, 7) is 1.45. The molecule has 1 saturated heterocycles. The van der Waals surface area contributed by atoms with E-state index in [9.17, 15) is 4.79 Å². The number of thioether (sulfide) groups is 1. The van der Waals surface area contributed by atoms with E-state index in [0.29, 0.717) is 18.2 Å². The van der Waals surface area contributed by atoms with Crippen molar-refractivity contribution in [1.82, 2.24) is 9.47 Å². The second kappa shape index (κ2) is 6.79. The molecule has 0 amide bonds. The predicted molar refractivity (Wildman–Crippen MR) is 93.0 cm³/mol. The number of oxazole rings is 1. The van der Waals surface area contributed by atoms with Gasteiger partial charge in [0, 0.05) is 30.6 Å². The van der Waals surface area contributed by atoms with Crippen LogP contribution in [0.1, 0.15) is 12.8 Å². The number of hydrogen-bond donors (Lipinski definition) is 1. The molecule has 6 heteroatoms. The molecule has 3 rings (SSSR count). The fourth-order valence-corrected chi connectivity index (χ4v) is 3.83. The Hall–Kier alpha value is -1.40. The van der Waals surface area contributed by atoms with Crippen LogP contribution in [0.2, 0.25) is 0 Å². The van der Waals surface area contributed by atoms with Gasteiger partial charge in [-0.25, -0.2) is 4.79 Å². The van der Waals surface area contributed by atoms with Crippen LogP contribution in [0.5, 0.6) is 0 Å². The molecule has 1 atom stereocenters. The largest absolute Gasteiger partial charge is 0.419 e. The third kappa shape index (κ3) is 3.50. The van der Waals surface area contributed by atoms with Crippen LogP contribution in [0.25, 0.3) is 11.1 Å². The van der Waals surface area contributed by atoms with Gasteiger partial charge in [-0.2, -0.15) is 11.8 Å². The van der Waals surface area contributed by atoms with Crippen LogP contribution >= 0.6 is 11.8 Å². The molecule has 5 nitrogen and oxygen atoms in total. The van der Waals surface area contributed by atoms with Gasteiger partial charge in [0.15, 0.2) is 5.58 Å². The van der Waals surface area contributed by atoms with E-state index in [1.165, 1.54) is 18.6 Å². The quantitative estimate of drug-likeness (QED) is 0.917. The Kier molecular flexibility index (Phi) is 4.78. The lowest BCUT2D eigenvalue weighted by molar-refractivity contribution is 0.374. The lowest BCUT2D eigenvalue weighted by Gasteiger charge is -2.23. The number of fused-ring (bicyclic) bond motifs is 1. The van der Waals surface area contributed by atoms with Gasteiger partial charge < -0.3 is 14.6 Å². The van der Waals surface area contributed by atoms with Crippen molar-refractivity contribution in [3.63, 3.8) is 0 Å². The van der Waals surface area contributed by atoms with Gasteiger partial charge in [0.05, 0.1) is 5.52 Å². The molecule has 0 unspecified atom stereocenters. The number of nitrogens with one attached hydrogen (secondary N) is 1. The molecular formula is C16H23N3O2S. The van der Waals surface area contributed by atoms with Crippen LogP contribution in [0.15, 0.2) is 27.4 Å². The number of rotatable bonds is 5. The zero-order valence-electron chi connectivity index (χ0n) is 13.2. The molecule has 1 fully saturated rings. The van der Waals surface area contributed by atoms with E-state index in [-0.39, 0.29) is 5.76 Å². The number of likely N-dealkylation sites (N-methyl/N-ethyl adjacent to an activating group) is 1. The summed E-state index contributed by atoms with van der Waals surface area (Å²) in [5.41, 5.74) is 2.60. The Morgan fingerprint density at radius 1 is 1.45 bits per heavy atom. The maximum atomic E-state index is 12.0. The zero-order chi connectivity index (χ0) is 15.5. The van der Waals surface area contributed by atoms with Gasteiger partial charge in [-0.15, -0.1) is 0 Å². The highest BCUT2D eigenvalue weighted by Gasteiger charge is 2.15. The van der Waals surface area contributed by atoms with Crippen LogP contribution in [0, 0.1) is 0 Å². The minimum Gasteiger partial charge on any atom is -0.408 e. The lowest BCUT2D eigenvalue weighted by atomic mass is 10.1. The highest BCUT2D eigenvalue weighted by Crippen LogP contribution is 2.23. The average molecular weight is 321 g/mol. The molecule has 1 aromatic carbocycles. The molecule has 1 aliphatic rings. The molecule has 120 valence electrons. The fraction of sp³-hybridized carbons (Fsp3) is 0.562. The average Bonchev–Trinajstić information content (AvgIpc) is 2.81. The summed E-state index contributed by atoms with van der Waals surface area (Å²) in [5, 5.41) is 3.59. The van der Waals surface area contributed by atoms with Gasteiger partial charge in [0.25, 0.3) is 0 Å². The Morgan fingerprint density at radius 2 is 2.32 bits per heavy atom. The van der Waals surface area contributed by atoms with E-state index in [0.717, 1.165) is 23.5 Å². The molecule has 22 heavy (non-hydrogen) atoms. The van der Waals surface area contributed by atoms with Crippen LogP contribution in [-0.2, 0) is 6.54 Å². The molecule has 2 aromatic rings. The number of aromatic nitrogens is 1. The minimum absolute atomic E-state index is 0.276. The van der Waals surface area contributed by atoms with Crippen LogP contribution < -0.4 is 11.1 Å². The van der Waals surface area contributed by atoms with E-state index in [2.05, 4.69) is 10.2 Å². The van der Waals surface area contributed by atoms with E-state index in [1.54, 1.807) is 4.57 Å². The third-order valence-electron chi connectivity index (χ3n) is 3.97. The highest BCUT2D eigenvalue weighted by molar-refractivity contribution is 7.99. The Bertz CT molecular complexity index is 686. The molecule has 0 aliphatic carbocycles. The first-order valence-electron chi connectivity index (χ1n) is 7.76. The van der Waals surface area contributed by atoms with E-state index >= 15 is 0 Å². The SMILES string of the molecule is CN(C)CCn1c(=O)oc2ccc(N[C@H]3CCCSC3)cc21. The number of anilines is 1. The molecular weight excluding hydrogens is 298 g/mol. The van der Waals surface area contributed by atoms with Crippen molar-refractivity contribution in [3.05, 3.63) is 28.7 Å². The molecule has 0 bridgehead atoms. The van der Waals surface area contributed by atoms with E-state index in [4.69, 9.17) is 4.42 Å². The van der Waals surface area contributed by atoms with Crippen molar-refractivity contribution in [2.75, 3.05) is 37.5 Å². The molecule has 2 heterocycles. The normalized spacial score (nSPS) is 19.0. The maximum absolute atomic E-state index is 12.0. The summed E-state index contributed by atoms with van der Waals surface area (Å²) in [5.74, 6) is 2.14. The molecule has 0 spiro atoms. The van der Waals surface area contributed by atoms with Crippen molar-refractivity contribution in [2.24, 2.45) is 0 Å². The van der Waals surface area contributed by atoms with Crippen molar-refractivity contribution >= 4 is 28.5 Å². The first-order valence-corrected chi connectivity index (χ1v) is 8.91. The highest BCUT2D eigenvalue weighted by atomic mass is 32.2. The zero-order valence-corrected chi connectivity index (χ0v) is 14.0. The van der Waals surface area contributed by atoms with E-state index in [1.807, 2.05) is 44.1 Å². The topological polar surface area (TPSA) is 50.4 Å². The first kappa shape index (κ1) is 15.5. The van der Waals surface area contributed by atoms with Gasteiger partial charge in [-0.05, 0) is 50.9 Å². The minimum atomic E-state index is -0.276. The molecule has 1 N–H and O–H groups in total. The first-order chi connectivity index (χ1) is 10.6. The van der Waals surface area contributed by atoms with Gasteiger partial charge in [0.2, 0.25) is 0 Å². The Labute approximate surface area is 134 Å². The smallest absolute Gasteiger partial charge is 0.408 e. The summed E-state index contributed by atoms with van der Waals surface area (Å²) >= 11 is 2.00. The Balaban J connectivity index is 1.83. The van der Waals surface area contributed by atoms with Crippen molar-refractivity contribution in [1.29, 1.82) is 0 Å². The van der Waals surface area contributed by atoms with Gasteiger partial charge >= 0.3 is 5.76 Å². The molecule has 0 saturated carbocycles. The second-order valence-electron chi connectivity index (χ2n) is 6.06. The summed E-state index contributed by atoms with van der Waals surface area (Å²) in [7, 11) is 4.00. The summed E-state index contributed by atoms with van der Waals surface area (Å²) in [4.78, 5) is 14.1. The van der Waals surface area contributed by atoms with E-state index < -0.39 is 0 Å². The Morgan fingerprint density at radius 3 is 3.05 bits per heavy atom. The lowest BCUT2D eigenvalue weighted by Crippen LogP contribution is -2.25. The summed E-state index contributed by atoms with van der Waals surface area (Å²) < 4.78 is 7.05. The van der Waals surface area contributed by atoms with Crippen molar-refractivity contribution in [3.8, 4) is 0 Å². The van der Waals surface area contributed by atoms with Crippen LogP contribution in [-0.4, -0.2) is 47.7 Å². The summed E-state index contributed by atoms with van der Waals surface area (Å²) in [6.07, 6.45) is 2.48. The summed E-state index contributed by atoms with van der Waals surface area (Å²) in [6, 6.07) is 6.45. The monoisotopic (exact) mass is 321 g/mol. The number of nitrogens with zero attached hydrogens (tertiary/aromatic N) is 2. The van der Waals surface area contributed by atoms with Gasteiger partial charge in [0.1, 0.15) is 0 Å². The number of hydrogen-bond acceptors (Lipinski definition) is 5. The standard InChI is InChI=1S/C16H23N3O2S/c1-18(2)7-8-19-14-10-12(5-6-15(14)21-16(19)20)17-13-4-3-9-22-11-13/h5-6,10,13,17H,3-4,7-9,11H2,1-2H3/t13-/m0/s1. The fourth-order valence-electron chi connectivity index (χ4n) is 2.75. The van der Waals surface area contributed by atoms with Crippen LogP contribution in [0.4, 0.5) is 5.69 Å².